The Kier molecular flexibility index (Phi) is 5.94. The summed E-state index contributed by atoms with van der Waals surface area (Å²) in [7, 11) is 0. The van der Waals surface area contributed by atoms with Gasteiger partial charge in [-0.25, -0.2) is 9.18 Å². The van der Waals surface area contributed by atoms with E-state index in [-0.39, 0.29) is 17.0 Å². The largest absolute Gasteiger partial charge is 0.478 e. The van der Waals surface area contributed by atoms with Crippen molar-refractivity contribution in [3.8, 4) is 0 Å². The van der Waals surface area contributed by atoms with E-state index in [1.165, 1.54) is 12.1 Å². The molecule has 1 rings (SSSR count). The highest BCUT2D eigenvalue weighted by Gasteiger charge is 2.26. The first kappa shape index (κ1) is 18.4. The first-order valence-electron chi connectivity index (χ1n) is 6.99. The highest BCUT2D eigenvalue weighted by molar-refractivity contribution is 6.33. The summed E-state index contributed by atoms with van der Waals surface area (Å²) in [5, 5.41) is 8.88. The number of esters is 1. The van der Waals surface area contributed by atoms with Crippen molar-refractivity contribution in [1.29, 1.82) is 0 Å². The quantitative estimate of drug-likeness (QED) is 0.812. The van der Waals surface area contributed by atoms with Gasteiger partial charge in [0.25, 0.3) is 0 Å². The van der Waals surface area contributed by atoms with Crippen LogP contribution in [0, 0.1) is 5.82 Å². The summed E-state index contributed by atoms with van der Waals surface area (Å²) >= 11 is 5.72. The Hall–Kier alpha value is -1.62. The number of halogens is 2. The Morgan fingerprint density at radius 3 is 2.41 bits per heavy atom. The van der Waals surface area contributed by atoms with Crippen LogP contribution >= 0.6 is 11.6 Å². The smallest absolute Gasteiger partial charge is 0.340 e. The van der Waals surface area contributed by atoms with Crippen molar-refractivity contribution in [2.24, 2.45) is 0 Å². The summed E-state index contributed by atoms with van der Waals surface area (Å²) in [4.78, 5) is 23.0. The molecule has 0 fully saturated rings. The number of rotatable bonds is 5. The second-order valence-electron chi connectivity index (χ2n) is 6.03. The van der Waals surface area contributed by atoms with Crippen molar-refractivity contribution in [3.63, 3.8) is 0 Å². The molecule has 0 unspecified atom stereocenters. The second kappa shape index (κ2) is 7.09. The van der Waals surface area contributed by atoms with Crippen molar-refractivity contribution in [2.75, 3.05) is 0 Å². The first-order chi connectivity index (χ1) is 10.1. The van der Waals surface area contributed by atoms with Crippen molar-refractivity contribution in [3.05, 3.63) is 34.1 Å². The minimum absolute atomic E-state index is 0.0224. The number of benzene rings is 1. The van der Waals surface area contributed by atoms with E-state index >= 15 is 0 Å². The summed E-state index contributed by atoms with van der Waals surface area (Å²) in [5.41, 5.74) is -1.03. The van der Waals surface area contributed by atoms with Gasteiger partial charge in [-0.2, -0.15) is 0 Å². The number of ether oxygens (including phenoxy) is 1. The highest BCUT2D eigenvalue weighted by atomic mass is 35.5. The van der Waals surface area contributed by atoms with Gasteiger partial charge in [-0.15, -0.1) is 0 Å². The summed E-state index contributed by atoms with van der Waals surface area (Å²) in [6.45, 7) is 7.04. The van der Waals surface area contributed by atoms with Gasteiger partial charge in [0.05, 0.1) is 11.4 Å². The van der Waals surface area contributed by atoms with Crippen molar-refractivity contribution < 1.29 is 23.8 Å². The number of carbonyl (C=O) groups is 2. The summed E-state index contributed by atoms with van der Waals surface area (Å²) in [6, 6.07) is 2.75. The lowest BCUT2D eigenvalue weighted by molar-refractivity contribution is -0.155. The van der Waals surface area contributed by atoms with Gasteiger partial charge >= 0.3 is 11.9 Å². The van der Waals surface area contributed by atoms with Gasteiger partial charge in [0.15, 0.2) is 0 Å². The predicted molar refractivity (Wildman–Crippen MR) is 81.9 cm³/mol. The van der Waals surface area contributed by atoms with E-state index in [2.05, 4.69) is 0 Å². The van der Waals surface area contributed by atoms with E-state index in [4.69, 9.17) is 21.4 Å². The van der Waals surface area contributed by atoms with Crippen LogP contribution in [0.5, 0.6) is 0 Å². The second-order valence-corrected chi connectivity index (χ2v) is 6.43. The number of carboxylic acid groups (broad SMARTS) is 1. The van der Waals surface area contributed by atoms with Crippen LogP contribution in [0.2, 0.25) is 5.02 Å². The van der Waals surface area contributed by atoms with Crippen LogP contribution in [0.1, 0.15) is 62.4 Å². The fourth-order valence-corrected chi connectivity index (χ4v) is 2.37. The lowest BCUT2D eigenvalue weighted by Gasteiger charge is -2.22. The van der Waals surface area contributed by atoms with E-state index < -0.39 is 34.8 Å². The topological polar surface area (TPSA) is 63.6 Å². The zero-order valence-electron chi connectivity index (χ0n) is 13.1. The molecular weight excluding hydrogens is 311 g/mol. The van der Waals surface area contributed by atoms with Gasteiger partial charge in [-0.05, 0) is 44.7 Å². The average Bonchev–Trinajstić information content (AvgIpc) is 2.34. The molecule has 4 nitrogen and oxygen atoms in total. The Labute approximate surface area is 134 Å². The molecule has 0 amide bonds. The van der Waals surface area contributed by atoms with Gasteiger partial charge in [0.1, 0.15) is 17.0 Å². The third-order valence-electron chi connectivity index (χ3n) is 3.10. The van der Waals surface area contributed by atoms with Crippen molar-refractivity contribution >= 4 is 23.5 Å². The molecule has 0 saturated heterocycles. The summed E-state index contributed by atoms with van der Waals surface area (Å²) in [5.74, 6) is -3.25. The molecule has 0 bridgehead atoms. The molecule has 0 heterocycles. The number of aromatic carboxylic acids is 1. The molecule has 6 heteroatoms. The van der Waals surface area contributed by atoms with Crippen LogP contribution in [0.4, 0.5) is 4.39 Å². The van der Waals surface area contributed by atoms with Crippen LogP contribution in [0.25, 0.3) is 0 Å². The van der Waals surface area contributed by atoms with Gasteiger partial charge in [0.2, 0.25) is 0 Å². The minimum Gasteiger partial charge on any atom is -0.478 e. The van der Waals surface area contributed by atoms with Crippen molar-refractivity contribution in [2.45, 2.75) is 52.1 Å². The number of hydrogen-bond donors (Lipinski definition) is 1. The van der Waals surface area contributed by atoms with E-state index in [1.54, 1.807) is 27.7 Å². The minimum atomic E-state index is -1.43. The molecule has 0 radical (unpaired) electrons. The Morgan fingerprint density at radius 1 is 1.36 bits per heavy atom. The summed E-state index contributed by atoms with van der Waals surface area (Å²) in [6.07, 6.45) is 0.447. The monoisotopic (exact) mass is 330 g/mol. The van der Waals surface area contributed by atoms with Crippen LogP contribution in [0.15, 0.2) is 12.1 Å². The zero-order chi connectivity index (χ0) is 17.1. The molecule has 0 aliphatic heterocycles. The number of carboxylic acids is 1. The fourth-order valence-electron chi connectivity index (χ4n) is 2.14. The molecule has 0 saturated carbocycles. The molecule has 1 N–H and O–H groups in total. The normalized spacial score (nSPS) is 12.8. The van der Waals surface area contributed by atoms with E-state index in [9.17, 15) is 14.0 Å². The van der Waals surface area contributed by atoms with Crippen molar-refractivity contribution in [1.82, 2.24) is 0 Å². The average molecular weight is 331 g/mol. The Morgan fingerprint density at radius 2 is 1.95 bits per heavy atom. The third kappa shape index (κ3) is 4.70. The summed E-state index contributed by atoms with van der Waals surface area (Å²) < 4.78 is 19.6. The molecule has 122 valence electrons. The molecule has 22 heavy (non-hydrogen) atoms. The van der Waals surface area contributed by atoms with Crippen LogP contribution < -0.4 is 0 Å². The predicted octanol–water partition coefficient (Wildman–Crippen LogP) is 4.40. The van der Waals surface area contributed by atoms with Crippen LogP contribution in [0.3, 0.4) is 0 Å². The molecule has 1 atom stereocenters. The van der Waals surface area contributed by atoms with Crippen LogP contribution in [-0.4, -0.2) is 22.6 Å². The molecule has 0 spiro atoms. The molecule has 1 aromatic carbocycles. The highest BCUT2D eigenvalue weighted by Crippen LogP contribution is 2.31. The van der Waals surface area contributed by atoms with Gasteiger partial charge in [0, 0.05) is 0 Å². The van der Waals surface area contributed by atoms with Crippen LogP contribution in [-0.2, 0) is 9.53 Å². The maximum Gasteiger partial charge on any atom is 0.340 e. The third-order valence-corrected chi connectivity index (χ3v) is 3.42. The molecule has 0 aromatic heterocycles. The van der Waals surface area contributed by atoms with E-state index in [1.807, 2.05) is 0 Å². The molecule has 0 aliphatic carbocycles. The Bertz CT molecular complexity index is 578. The maximum atomic E-state index is 14.4. The molecular formula is C16H20ClFO4. The zero-order valence-corrected chi connectivity index (χ0v) is 13.8. The fraction of sp³-hybridized carbons (Fsp3) is 0.500. The standard InChI is InChI=1S/C16H20ClFO4/c1-5-9(8-12(19)22-16(2,3)4)10-6-7-11(17)13(14(10)18)15(20)21/h6-7,9H,5,8H2,1-4H3,(H,20,21)/t9-/m0/s1. The lowest BCUT2D eigenvalue weighted by Crippen LogP contribution is -2.25. The molecule has 0 aliphatic rings. The number of carbonyl (C=O) groups excluding carboxylic acids is 1. The van der Waals surface area contributed by atoms with E-state index in [0.717, 1.165) is 0 Å². The van der Waals surface area contributed by atoms with E-state index in [0.29, 0.717) is 6.42 Å². The maximum absolute atomic E-state index is 14.4. The first-order valence-corrected chi connectivity index (χ1v) is 7.37. The lowest BCUT2D eigenvalue weighted by atomic mass is 9.91. The van der Waals surface area contributed by atoms with Gasteiger partial charge < -0.3 is 9.84 Å². The molecule has 1 aromatic rings. The van der Waals surface area contributed by atoms with Gasteiger partial charge in [-0.1, -0.05) is 24.6 Å². The van der Waals surface area contributed by atoms with Gasteiger partial charge in [-0.3, -0.25) is 4.79 Å². The SMILES string of the molecule is CC[C@@H](CC(=O)OC(C)(C)C)c1ccc(Cl)c(C(=O)O)c1F. The Balaban J connectivity index is 3.09. The number of hydrogen-bond acceptors (Lipinski definition) is 3.